The van der Waals surface area contributed by atoms with Gasteiger partial charge < -0.3 is 4.74 Å². The van der Waals surface area contributed by atoms with Gasteiger partial charge in [0, 0.05) is 6.07 Å². The maximum atomic E-state index is 12.1. The monoisotopic (exact) mass is 248 g/mol. The smallest absolute Gasteiger partial charge is 0.398 e. The van der Waals surface area contributed by atoms with Crippen molar-refractivity contribution in [1.29, 1.82) is 0 Å². The van der Waals surface area contributed by atoms with E-state index in [1.807, 2.05) is 0 Å². The van der Waals surface area contributed by atoms with Crippen LogP contribution in [0.15, 0.2) is 18.2 Å². The summed E-state index contributed by atoms with van der Waals surface area (Å²) in [6.07, 6.45) is -4.96. The lowest BCUT2D eigenvalue weighted by molar-refractivity contribution is -0.388. The normalized spacial score (nSPS) is 11.6. The SMILES string of the molecule is [CH2]C(C)c1ccc([N+](=O)[O-])c(OC(F)(F)F)c1. The molecule has 1 unspecified atom stereocenters. The molecule has 17 heavy (non-hydrogen) atoms. The number of rotatable bonds is 3. The van der Waals surface area contributed by atoms with Crippen LogP contribution in [0.4, 0.5) is 18.9 Å². The van der Waals surface area contributed by atoms with Crippen molar-refractivity contribution in [2.24, 2.45) is 0 Å². The van der Waals surface area contributed by atoms with Crippen LogP contribution in [0.2, 0.25) is 0 Å². The highest BCUT2D eigenvalue weighted by molar-refractivity contribution is 5.49. The molecule has 0 amide bonds. The van der Waals surface area contributed by atoms with Crippen molar-refractivity contribution in [3.8, 4) is 5.75 Å². The molecular formula is C10H9F3NO3. The number of halogens is 3. The first-order valence-electron chi connectivity index (χ1n) is 4.58. The minimum absolute atomic E-state index is 0.300. The van der Waals surface area contributed by atoms with Gasteiger partial charge in [0.1, 0.15) is 0 Å². The zero-order valence-electron chi connectivity index (χ0n) is 8.82. The summed E-state index contributed by atoms with van der Waals surface area (Å²) in [5.41, 5.74) is -0.304. The van der Waals surface area contributed by atoms with E-state index in [9.17, 15) is 23.3 Å². The maximum Gasteiger partial charge on any atom is 0.573 e. The lowest BCUT2D eigenvalue weighted by Gasteiger charge is -2.11. The predicted octanol–water partition coefficient (Wildman–Crippen LogP) is 3.43. The molecular weight excluding hydrogens is 239 g/mol. The molecule has 0 spiro atoms. The molecule has 1 rings (SSSR count). The van der Waals surface area contributed by atoms with Crippen LogP contribution in [0, 0.1) is 17.0 Å². The summed E-state index contributed by atoms with van der Waals surface area (Å²) in [6, 6.07) is 3.29. The van der Waals surface area contributed by atoms with E-state index in [0.29, 0.717) is 5.56 Å². The van der Waals surface area contributed by atoms with Crippen molar-refractivity contribution >= 4 is 5.69 Å². The second-order valence-electron chi connectivity index (χ2n) is 3.43. The zero-order chi connectivity index (χ0) is 13.2. The molecule has 0 N–H and O–H groups in total. The number of hydrogen-bond acceptors (Lipinski definition) is 3. The Hall–Kier alpha value is -1.79. The quantitative estimate of drug-likeness (QED) is 0.608. The highest BCUT2D eigenvalue weighted by atomic mass is 19.4. The average molecular weight is 248 g/mol. The Bertz CT molecular complexity index is 429. The molecule has 0 aliphatic rings. The van der Waals surface area contributed by atoms with Crippen LogP contribution in [0.5, 0.6) is 5.75 Å². The minimum Gasteiger partial charge on any atom is -0.398 e. The fourth-order valence-corrected chi connectivity index (χ4v) is 1.19. The van der Waals surface area contributed by atoms with Crippen molar-refractivity contribution in [3.05, 3.63) is 40.8 Å². The van der Waals surface area contributed by atoms with E-state index in [2.05, 4.69) is 11.7 Å². The Labute approximate surface area is 95.2 Å². The number of nitro benzene ring substituents is 1. The largest absolute Gasteiger partial charge is 0.573 e. The molecule has 0 heterocycles. The molecule has 7 heteroatoms. The third-order valence-corrected chi connectivity index (χ3v) is 1.98. The molecule has 93 valence electrons. The van der Waals surface area contributed by atoms with Gasteiger partial charge in [-0.2, -0.15) is 0 Å². The van der Waals surface area contributed by atoms with E-state index in [0.717, 1.165) is 12.1 Å². The molecule has 0 fully saturated rings. The van der Waals surface area contributed by atoms with Crippen molar-refractivity contribution in [3.63, 3.8) is 0 Å². The van der Waals surface area contributed by atoms with Gasteiger partial charge in [-0.15, -0.1) is 13.2 Å². The second kappa shape index (κ2) is 4.60. The number of alkyl halides is 3. The number of hydrogen-bond donors (Lipinski definition) is 0. The Morgan fingerprint density at radius 2 is 2.06 bits per heavy atom. The van der Waals surface area contributed by atoms with Crippen molar-refractivity contribution in [1.82, 2.24) is 0 Å². The van der Waals surface area contributed by atoms with E-state index in [-0.39, 0.29) is 5.92 Å². The Kier molecular flexibility index (Phi) is 3.59. The molecule has 1 atom stereocenters. The molecule has 0 aromatic heterocycles. The molecule has 0 saturated carbocycles. The van der Waals surface area contributed by atoms with Crippen LogP contribution in [0.1, 0.15) is 18.4 Å². The molecule has 4 nitrogen and oxygen atoms in total. The fraction of sp³-hybridized carbons (Fsp3) is 0.300. The summed E-state index contributed by atoms with van der Waals surface area (Å²) in [6.45, 7) is 5.27. The topological polar surface area (TPSA) is 52.4 Å². The van der Waals surface area contributed by atoms with Gasteiger partial charge in [-0.3, -0.25) is 10.1 Å². The van der Waals surface area contributed by atoms with E-state index in [1.165, 1.54) is 6.07 Å². The van der Waals surface area contributed by atoms with Crippen LogP contribution in [-0.4, -0.2) is 11.3 Å². The summed E-state index contributed by atoms with van der Waals surface area (Å²) in [4.78, 5) is 9.60. The molecule has 1 aromatic rings. The molecule has 1 radical (unpaired) electrons. The summed E-state index contributed by atoms with van der Waals surface area (Å²) < 4.78 is 39.8. The lowest BCUT2D eigenvalue weighted by Crippen LogP contribution is -2.18. The maximum absolute atomic E-state index is 12.1. The minimum atomic E-state index is -4.96. The average Bonchev–Trinajstić information content (AvgIpc) is 2.14. The molecule has 1 aromatic carbocycles. The zero-order valence-corrected chi connectivity index (χ0v) is 8.82. The Balaban J connectivity index is 3.21. The summed E-state index contributed by atoms with van der Waals surface area (Å²) in [5, 5.41) is 10.5. The van der Waals surface area contributed by atoms with Crippen LogP contribution in [-0.2, 0) is 0 Å². The summed E-state index contributed by atoms with van der Waals surface area (Å²) >= 11 is 0. The number of nitro groups is 1. The van der Waals surface area contributed by atoms with Gasteiger partial charge in [0.15, 0.2) is 0 Å². The van der Waals surface area contributed by atoms with Gasteiger partial charge in [-0.1, -0.05) is 13.0 Å². The Morgan fingerprint density at radius 1 is 1.47 bits per heavy atom. The van der Waals surface area contributed by atoms with Gasteiger partial charge in [-0.05, 0) is 24.5 Å². The van der Waals surface area contributed by atoms with E-state index in [1.54, 1.807) is 6.92 Å². The first-order chi connectivity index (χ1) is 7.70. The Morgan fingerprint density at radius 3 is 2.47 bits per heavy atom. The molecule has 0 aliphatic carbocycles. The molecule has 0 saturated heterocycles. The first-order valence-corrected chi connectivity index (χ1v) is 4.58. The highest BCUT2D eigenvalue weighted by Crippen LogP contribution is 2.34. The van der Waals surface area contributed by atoms with Crippen LogP contribution in [0.3, 0.4) is 0 Å². The number of nitrogens with zero attached hydrogens (tertiary/aromatic N) is 1. The number of ether oxygens (including phenoxy) is 1. The van der Waals surface area contributed by atoms with Crippen LogP contribution >= 0.6 is 0 Å². The van der Waals surface area contributed by atoms with E-state index >= 15 is 0 Å². The van der Waals surface area contributed by atoms with Gasteiger partial charge >= 0.3 is 12.0 Å². The van der Waals surface area contributed by atoms with Gasteiger partial charge in [0.25, 0.3) is 0 Å². The van der Waals surface area contributed by atoms with E-state index < -0.39 is 22.7 Å². The van der Waals surface area contributed by atoms with Crippen molar-refractivity contribution in [2.45, 2.75) is 19.2 Å². The van der Waals surface area contributed by atoms with Crippen molar-refractivity contribution in [2.75, 3.05) is 0 Å². The lowest BCUT2D eigenvalue weighted by atomic mass is 10.0. The van der Waals surface area contributed by atoms with Gasteiger partial charge in [0.05, 0.1) is 4.92 Å². The highest BCUT2D eigenvalue weighted by Gasteiger charge is 2.34. The molecule has 0 bridgehead atoms. The van der Waals surface area contributed by atoms with Crippen LogP contribution < -0.4 is 4.74 Å². The first kappa shape index (κ1) is 13.3. The summed E-state index contributed by atoms with van der Waals surface area (Å²) in [7, 11) is 0. The van der Waals surface area contributed by atoms with Gasteiger partial charge in [-0.25, -0.2) is 0 Å². The molecule has 0 aliphatic heterocycles. The third-order valence-electron chi connectivity index (χ3n) is 1.98. The summed E-state index contributed by atoms with van der Waals surface area (Å²) in [5.74, 6) is -1.12. The van der Waals surface area contributed by atoms with Crippen LogP contribution in [0.25, 0.3) is 0 Å². The number of benzene rings is 1. The standard InChI is InChI=1S/C10H9F3NO3/c1-6(2)7-3-4-8(14(15)16)9(5-7)17-10(11,12)13/h3-6H,1H2,2H3. The van der Waals surface area contributed by atoms with Gasteiger partial charge in [0.2, 0.25) is 5.75 Å². The third kappa shape index (κ3) is 3.61. The predicted molar refractivity (Wildman–Crippen MR) is 53.6 cm³/mol. The van der Waals surface area contributed by atoms with Crippen molar-refractivity contribution < 1.29 is 22.8 Å². The second-order valence-corrected chi connectivity index (χ2v) is 3.43. The fourth-order valence-electron chi connectivity index (χ4n) is 1.19. The van der Waals surface area contributed by atoms with E-state index in [4.69, 9.17) is 0 Å².